The number of hydrogen-bond donors (Lipinski definition) is 2. The van der Waals surface area contributed by atoms with Crippen LogP contribution in [0.2, 0.25) is 0 Å². The van der Waals surface area contributed by atoms with E-state index in [0.717, 1.165) is 16.2 Å². The van der Waals surface area contributed by atoms with Gasteiger partial charge in [0.25, 0.3) is 0 Å². The maximum Gasteiger partial charge on any atom is 0.221 e. The lowest BCUT2D eigenvalue weighted by molar-refractivity contribution is -0.114. The first-order chi connectivity index (χ1) is 10.1. The van der Waals surface area contributed by atoms with E-state index in [1.165, 1.54) is 23.1 Å². The second-order valence-electron chi connectivity index (χ2n) is 5.38. The number of nitrogens with two attached hydrogens (primary N) is 1. The number of rotatable bonds is 1. The predicted molar refractivity (Wildman–Crippen MR) is 88.9 cm³/mol. The Morgan fingerprint density at radius 2 is 1.62 bits per heavy atom. The van der Waals surface area contributed by atoms with Crippen molar-refractivity contribution in [3.63, 3.8) is 0 Å². The Labute approximate surface area is 121 Å². The van der Waals surface area contributed by atoms with Crippen molar-refractivity contribution < 1.29 is 4.79 Å². The summed E-state index contributed by atoms with van der Waals surface area (Å²) in [7, 11) is 0. The van der Waals surface area contributed by atoms with Gasteiger partial charge in [0.2, 0.25) is 5.91 Å². The second-order valence-corrected chi connectivity index (χ2v) is 5.38. The van der Waals surface area contributed by atoms with Gasteiger partial charge in [-0.2, -0.15) is 0 Å². The summed E-state index contributed by atoms with van der Waals surface area (Å²) in [5.74, 6) is -0.116. The number of carbonyl (C=O) groups is 1. The highest BCUT2D eigenvalue weighted by molar-refractivity contribution is 6.26. The number of nitrogen functional groups attached to an aromatic ring is 1. The highest BCUT2D eigenvalue weighted by Gasteiger charge is 2.13. The highest BCUT2D eigenvalue weighted by atomic mass is 16.1. The summed E-state index contributed by atoms with van der Waals surface area (Å²) in [4.78, 5) is 11.3. The third-order valence-corrected chi connectivity index (χ3v) is 4.00. The van der Waals surface area contributed by atoms with Gasteiger partial charge in [0.15, 0.2) is 0 Å². The summed E-state index contributed by atoms with van der Waals surface area (Å²) >= 11 is 0. The van der Waals surface area contributed by atoms with Crippen LogP contribution in [0.15, 0.2) is 48.5 Å². The van der Waals surface area contributed by atoms with Crippen molar-refractivity contribution in [3.8, 4) is 0 Å². The lowest BCUT2D eigenvalue weighted by Crippen LogP contribution is -2.08. The Kier molecular flexibility index (Phi) is 2.33. The van der Waals surface area contributed by atoms with Gasteiger partial charge < -0.3 is 11.1 Å². The number of carbonyl (C=O) groups excluding carboxylic acids is 1. The van der Waals surface area contributed by atoms with Gasteiger partial charge in [-0.05, 0) is 33.0 Å². The summed E-state index contributed by atoms with van der Waals surface area (Å²) < 4.78 is 0. The highest BCUT2D eigenvalue weighted by Crippen LogP contribution is 2.40. The maximum absolute atomic E-state index is 11.3. The van der Waals surface area contributed by atoms with Crippen LogP contribution in [0.25, 0.3) is 32.3 Å². The number of anilines is 2. The predicted octanol–water partition coefficient (Wildman–Crippen LogP) is 4.12. The summed E-state index contributed by atoms with van der Waals surface area (Å²) in [6, 6.07) is 16.5. The molecule has 0 heterocycles. The zero-order chi connectivity index (χ0) is 14.6. The Morgan fingerprint density at radius 3 is 2.33 bits per heavy atom. The molecule has 4 aromatic rings. The van der Waals surface area contributed by atoms with Gasteiger partial charge in [0.1, 0.15) is 0 Å². The molecule has 0 unspecified atom stereocenters. The van der Waals surface area contributed by atoms with Crippen LogP contribution in [-0.2, 0) is 4.79 Å². The van der Waals surface area contributed by atoms with E-state index in [1.54, 1.807) is 0 Å². The van der Waals surface area contributed by atoms with Crippen molar-refractivity contribution in [1.29, 1.82) is 0 Å². The largest absolute Gasteiger partial charge is 0.397 e. The minimum Gasteiger partial charge on any atom is -0.397 e. The molecule has 0 bridgehead atoms. The number of amides is 1. The number of hydrogen-bond acceptors (Lipinski definition) is 2. The van der Waals surface area contributed by atoms with Gasteiger partial charge in [0, 0.05) is 12.3 Å². The average Bonchev–Trinajstić information content (AvgIpc) is 2.47. The second kappa shape index (κ2) is 4.09. The van der Waals surface area contributed by atoms with E-state index in [-0.39, 0.29) is 5.91 Å². The minimum atomic E-state index is -0.116. The maximum atomic E-state index is 11.3. The van der Waals surface area contributed by atoms with Crippen LogP contribution in [0.1, 0.15) is 6.92 Å². The third-order valence-electron chi connectivity index (χ3n) is 4.00. The number of benzene rings is 4. The van der Waals surface area contributed by atoms with Crippen LogP contribution in [0.3, 0.4) is 0 Å². The standard InChI is InChI=1S/C18H14N2O/c1-10(21)20-15-9-13-6-5-11-3-2-4-12-7-8-14(18(15)19)17(13)16(11)12/h2-9H,19H2,1H3,(H,20,21). The first-order valence-electron chi connectivity index (χ1n) is 6.89. The number of nitrogens with one attached hydrogen (secondary N) is 1. The zero-order valence-corrected chi connectivity index (χ0v) is 11.6. The molecule has 0 aromatic heterocycles. The molecule has 0 saturated heterocycles. The minimum absolute atomic E-state index is 0.116. The van der Waals surface area contributed by atoms with Crippen LogP contribution < -0.4 is 11.1 Å². The normalized spacial score (nSPS) is 11.5. The molecule has 0 saturated carbocycles. The van der Waals surface area contributed by atoms with E-state index in [9.17, 15) is 4.79 Å². The van der Waals surface area contributed by atoms with Gasteiger partial charge in [-0.25, -0.2) is 0 Å². The Hall–Kier alpha value is -2.81. The lowest BCUT2D eigenvalue weighted by atomic mass is 9.93. The van der Waals surface area contributed by atoms with Crippen LogP contribution in [-0.4, -0.2) is 5.91 Å². The molecule has 3 heteroatoms. The molecule has 4 aromatic carbocycles. The Bertz CT molecular complexity index is 989. The summed E-state index contributed by atoms with van der Waals surface area (Å²) in [6.07, 6.45) is 0. The van der Waals surface area contributed by atoms with E-state index in [0.29, 0.717) is 11.4 Å². The van der Waals surface area contributed by atoms with Gasteiger partial charge in [0.05, 0.1) is 11.4 Å². The fourth-order valence-electron chi connectivity index (χ4n) is 3.13. The van der Waals surface area contributed by atoms with Crippen molar-refractivity contribution in [2.75, 3.05) is 11.1 Å². The molecule has 3 nitrogen and oxygen atoms in total. The molecule has 3 N–H and O–H groups in total. The molecule has 0 spiro atoms. The Balaban J connectivity index is 2.21. The zero-order valence-electron chi connectivity index (χ0n) is 11.6. The van der Waals surface area contributed by atoms with E-state index >= 15 is 0 Å². The van der Waals surface area contributed by atoms with E-state index in [4.69, 9.17) is 5.73 Å². The molecule has 1 amide bonds. The average molecular weight is 274 g/mol. The lowest BCUT2D eigenvalue weighted by Gasteiger charge is -2.15. The van der Waals surface area contributed by atoms with E-state index < -0.39 is 0 Å². The molecule has 21 heavy (non-hydrogen) atoms. The Morgan fingerprint density at radius 1 is 0.952 bits per heavy atom. The molecular weight excluding hydrogens is 260 g/mol. The van der Waals surface area contributed by atoms with E-state index in [1.807, 2.05) is 12.1 Å². The molecule has 0 fully saturated rings. The van der Waals surface area contributed by atoms with Crippen LogP contribution in [0.4, 0.5) is 11.4 Å². The quantitative estimate of drug-likeness (QED) is 0.405. The SMILES string of the molecule is CC(=O)Nc1cc2ccc3cccc4ccc(c1N)c2c34. The summed E-state index contributed by atoms with van der Waals surface area (Å²) in [6.45, 7) is 1.49. The van der Waals surface area contributed by atoms with Crippen LogP contribution in [0.5, 0.6) is 0 Å². The van der Waals surface area contributed by atoms with Gasteiger partial charge >= 0.3 is 0 Å². The van der Waals surface area contributed by atoms with Crippen molar-refractivity contribution in [2.24, 2.45) is 0 Å². The summed E-state index contributed by atoms with van der Waals surface area (Å²) in [5, 5.41) is 9.69. The monoisotopic (exact) mass is 274 g/mol. The van der Waals surface area contributed by atoms with Crippen molar-refractivity contribution >= 4 is 49.6 Å². The molecule has 0 aliphatic heterocycles. The van der Waals surface area contributed by atoms with Crippen LogP contribution >= 0.6 is 0 Å². The molecule has 4 rings (SSSR count). The topological polar surface area (TPSA) is 55.1 Å². The molecule has 0 aliphatic carbocycles. The van der Waals surface area contributed by atoms with Gasteiger partial charge in [-0.15, -0.1) is 0 Å². The fraction of sp³-hybridized carbons (Fsp3) is 0.0556. The molecule has 0 atom stereocenters. The van der Waals surface area contributed by atoms with Crippen molar-refractivity contribution in [1.82, 2.24) is 0 Å². The first-order valence-corrected chi connectivity index (χ1v) is 6.89. The molecule has 0 radical (unpaired) electrons. The smallest absolute Gasteiger partial charge is 0.221 e. The molecular formula is C18H14N2O. The summed E-state index contributed by atoms with van der Waals surface area (Å²) in [5.41, 5.74) is 7.56. The van der Waals surface area contributed by atoms with Gasteiger partial charge in [-0.3, -0.25) is 4.79 Å². The first kappa shape index (κ1) is 12.0. The molecule has 0 aliphatic rings. The van der Waals surface area contributed by atoms with E-state index in [2.05, 4.69) is 41.7 Å². The third kappa shape index (κ3) is 1.64. The van der Waals surface area contributed by atoms with Crippen molar-refractivity contribution in [3.05, 3.63) is 48.5 Å². The van der Waals surface area contributed by atoms with Crippen molar-refractivity contribution in [2.45, 2.75) is 6.92 Å². The van der Waals surface area contributed by atoms with Gasteiger partial charge in [-0.1, -0.05) is 42.5 Å². The molecule has 102 valence electrons. The fourth-order valence-corrected chi connectivity index (χ4v) is 3.13. The van der Waals surface area contributed by atoms with Crippen LogP contribution in [0, 0.1) is 0 Å².